The van der Waals surface area contributed by atoms with Crippen molar-refractivity contribution in [3.05, 3.63) is 0 Å². The Morgan fingerprint density at radius 2 is 1.38 bits per heavy atom. The lowest BCUT2D eigenvalue weighted by Gasteiger charge is -2.54. The van der Waals surface area contributed by atoms with Crippen LogP contribution in [0.5, 0.6) is 0 Å². The van der Waals surface area contributed by atoms with Crippen LogP contribution in [0.4, 0.5) is 0 Å². The van der Waals surface area contributed by atoms with E-state index in [0.717, 1.165) is 32.1 Å². The molecule has 4 nitrogen and oxygen atoms in total. The fraction of sp³-hybridized carbons (Fsp3) is 0.967. The fourth-order valence-corrected chi connectivity index (χ4v) is 5.54. The minimum Gasteiger partial charge on any atom is -0.378 e. The Balaban J connectivity index is 6.13. The van der Waals surface area contributed by atoms with Gasteiger partial charge in [0.05, 0.1) is 24.2 Å². The maximum atomic E-state index is 14.3. The second-order valence-corrected chi connectivity index (χ2v) is 13.9. The Hall–Kier alpha value is -0.610. The molecule has 4 heteroatoms. The quantitative estimate of drug-likeness (QED) is 0.235. The highest BCUT2D eigenvalue weighted by Gasteiger charge is 2.47. The number of hydrogen-bond donors (Lipinski definition) is 0. The van der Waals surface area contributed by atoms with Gasteiger partial charge in [0.1, 0.15) is 0 Å². The van der Waals surface area contributed by atoms with Crippen LogP contribution in [0.1, 0.15) is 135 Å². The third kappa shape index (κ3) is 9.80. The summed E-state index contributed by atoms with van der Waals surface area (Å²) in [5.41, 5.74) is -0.800. The van der Waals surface area contributed by atoms with Crippen LogP contribution in [0.25, 0.3) is 0 Å². The smallest absolute Gasteiger partial charge is 0.226 e. The number of rotatable bonds is 15. The highest BCUT2D eigenvalue weighted by molar-refractivity contribution is 5.78. The molecule has 0 saturated carbocycles. The number of amides is 1. The van der Waals surface area contributed by atoms with Crippen molar-refractivity contribution in [2.75, 3.05) is 13.7 Å². The van der Waals surface area contributed by atoms with Gasteiger partial charge in [-0.25, -0.2) is 0 Å². The summed E-state index contributed by atoms with van der Waals surface area (Å²) in [4.78, 5) is 16.5. The number of hydrogen-bond acceptors (Lipinski definition) is 3. The molecule has 34 heavy (non-hydrogen) atoms. The van der Waals surface area contributed by atoms with Crippen LogP contribution in [0.15, 0.2) is 0 Å². The van der Waals surface area contributed by atoms with E-state index in [1.165, 1.54) is 0 Å². The molecule has 3 unspecified atom stereocenters. The van der Waals surface area contributed by atoms with E-state index < -0.39 is 5.60 Å². The molecule has 0 radical (unpaired) electrons. The first kappa shape index (κ1) is 33.4. The molecule has 0 rings (SSSR count). The first-order valence-corrected chi connectivity index (χ1v) is 13.7. The van der Waals surface area contributed by atoms with Gasteiger partial charge in [-0.3, -0.25) is 4.79 Å². The van der Waals surface area contributed by atoms with Gasteiger partial charge >= 0.3 is 0 Å². The number of carbonyl (C=O) groups is 1. The maximum Gasteiger partial charge on any atom is 0.226 e. The predicted molar refractivity (Wildman–Crippen MR) is 147 cm³/mol. The van der Waals surface area contributed by atoms with Crippen molar-refractivity contribution in [2.24, 2.45) is 16.7 Å². The molecule has 0 aliphatic rings. The monoisotopic (exact) mass is 483 g/mol. The normalized spacial score (nSPS) is 17.9. The zero-order valence-electron chi connectivity index (χ0n) is 25.8. The van der Waals surface area contributed by atoms with Crippen LogP contribution in [-0.2, 0) is 14.3 Å². The molecular weight excluding hydrogens is 422 g/mol. The summed E-state index contributed by atoms with van der Waals surface area (Å²) in [7, 11) is 1.76. The van der Waals surface area contributed by atoms with Gasteiger partial charge in [-0.05, 0) is 76.5 Å². The minimum atomic E-state index is -0.536. The fourth-order valence-electron chi connectivity index (χ4n) is 5.54. The summed E-state index contributed by atoms with van der Waals surface area (Å²) >= 11 is 0. The molecule has 0 bridgehead atoms. The molecule has 0 aliphatic carbocycles. The van der Waals surface area contributed by atoms with Crippen molar-refractivity contribution in [3.8, 4) is 0 Å². The Bertz CT molecular complexity index is 613. The largest absolute Gasteiger partial charge is 0.378 e. The first-order valence-electron chi connectivity index (χ1n) is 13.7. The lowest BCUT2D eigenvalue weighted by atomic mass is 9.70. The third-order valence-corrected chi connectivity index (χ3v) is 8.09. The standard InChI is InChI=1S/C30H61NO3/c1-16-27(9,10)25(23(4)5)31(29(13,17-2)22-26(6,7)8)24(32)21-28(11,12)34-20-19-30(14,18-3)33-15/h23,25H,16-22H2,1-15H3. The van der Waals surface area contributed by atoms with Gasteiger partial charge in [0.2, 0.25) is 5.91 Å². The molecule has 0 aromatic heterocycles. The van der Waals surface area contributed by atoms with E-state index in [2.05, 4.69) is 102 Å². The van der Waals surface area contributed by atoms with Crippen molar-refractivity contribution < 1.29 is 14.3 Å². The number of methoxy groups -OCH3 is 1. The molecule has 0 fully saturated rings. The van der Waals surface area contributed by atoms with Gasteiger partial charge in [-0.15, -0.1) is 0 Å². The van der Waals surface area contributed by atoms with E-state index in [4.69, 9.17) is 9.47 Å². The van der Waals surface area contributed by atoms with Crippen LogP contribution >= 0.6 is 0 Å². The Labute approximate surface area is 213 Å². The molecule has 0 aromatic rings. The van der Waals surface area contributed by atoms with Crippen LogP contribution in [0, 0.1) is 16.7 Å². The molecular formula is C30H61NO3. The van der Waals surface area contributed by atoms with E-state index >= 15 is 0 Å². The van der Waals surface area contributed by atoms with Gasteiger partial charge in [0, 0.05) is 18.7 Å². The molecule has 0 saturated heterocycles. The van der Waals surface area contributed by atoms with E-state index in [0.29, 0.717) is 18.9 Å². The molecule has 0 spiro atoms. The van der Waals surface area contributed by atoms with Crippen molar-refractivity contribution in [1.29, 1.82) is 0 Å². The second-order valence-electron chi connectivity index (χ2n) is 13.9. The SMILES string of the molecule is CCC(C)(CCOC(C)(C)CC(=O)N(C(C(C)C)C(C)(C)CC)C(C)(CC)CC(C)(C)C)OC. The summed E-state index contributed by atoms with van der Waals surface area (Å²) in [6.07, 6.45) is 5.06. The summed E-state index contributed by atoms with van der Waals surface area (Å²) in [6, 6.07) is 0.157. The molecule has 204 valence electrons. The summed E-state index contributed by atoms with van der Waals surface area (Å²) in [5.74, 6) is 0.574. The Kier molecular flexibility index (Phi) is 12.3. The summed E-state index contributed by atoms with van der Waals surface area (Å²) in [5, 5.41) is 0. The highest BCUT2D eigenvalue weighted by atomic mass is 16.5. The summed E-state index contributed by atoms with van der Waals surface area (Å²) < 4.78 is 12.0. The van der Waals surface area contributed by atoms with E-state index in [1.54, 1.807) is 7.11 Å². The van der Waals surface area contributed by atoms with Gasteiger partial charge < -0.3 is 14.4 Å². The van der Waals surface area contributed by atoms with Crippen LogP contribution in [0.2, 0.25) is 0 Å². The molecule has 1 amide bonds. The third-order valence-electron chi connectivity index (χ3n) is 8.09. The van der Waals surface area contributed by atoms with Gasteiger partial charge in [0.15, 0.2) is 0 Å². The van der Waals surface area contributed by atoms with Gasteiger partial charge in [-0.1, -0.05) is 69.2 Å². The molecule has 0 heterocycles. The van der Waals surface area contributed by atoms with Crippen molar-refractivity contribution >= 4 is 5.91 Å². The average Bonchev–Trinajstić information content (AvgIpc) is 2.69. The predicted octanol–water partition coefficient (Wildman–Crippen LogP) is 8.27. The number of nitrogens with zero attached hydrogens (tertiary/aromatic N) is 1. The topological polar surface area (TPSA) is 38.8 Å². The van der Waals surface area contributed by atoms with Crippen LogP contribution in [-0.4, -0.2) is 47.3 Å². The first-order chi connectivity index (χ1) is 15.2. The van der Waals surface area contributed by atoms with E-state index in [1.807, 2.05) is 0 Å². The number of carbonyl (C=O) groups excluding carboxylic acids is 1. The van der Waals surface area contributed by atoms with Crippen molar-refractivity contribution in [3.63, 3.8) is 0 Å². The lowest BCUT2D eigenvalue weighted by Crippen LogP contribution is -2.62. The van der Waals surface area contributed by atoms with E-state index in [-0.39, 0.29) is 33.9 Å². The van der Waals surface area contributed by atoms with Crippen molar-refractivity contribution in [2.45, 2.75) is 158 Å². The van der Waals surface area contributed by atoms with Crippen LogP contribution in [0.3, 0.4) is 0 Å². The van der Waals surface area contributed by atoms with Gasteiger partial charge in [0.25, 0.3) is 0 Å². The van der Waals surface area contributed by atoms with Crippen molar-refractivity contribution in [1.82, 2.24) is 4.90 Å². The Morgan fingerprint density at radius 3 is 1.74 bits per heavy atom. The maximum absolute atomic E-state index is 14.3. The number of ether oxygens (including phenoxy) is 2. The second kappa shape index (κ2) is 12.6. The molecule has 3 atom stereocenters. The highest BCUT2D eigenvalue weighted by Crippen LogP contribution is 2.43. The molecule has 0 aromatic carbocycles. The molecule has 0 N–H and O–H groups in total. The van der Waals surface area contributed by atoms with Crippen LogP contribution < -0.4 is 0 Å². The average molecular weight is 484 g/mol. The zero-order chi connectivity index (χ0) is 27.2. The van der Waals surface area contributed by atoms with Gasteiger partial charge in [-0.2, -0.15) is 0 Å². The summed E-state index contributed by atoms with van der Waals surface area (Å²) in [6.45, 7) is 31.8. The minimum absolute atomic E-state index is 0.0184. The zero-order valence-corrected chi connectivity index (χ0v) is 25.8. The molecule has 0 aliphatic heterocycles. The van der Waals surface area contributed by atoms with E-state index in [9.17, 15) is 4.79 Å². The Morgan fingerprint density at radius 1 is 0.853 bits per heavy atom. The lowest BCUT2D eigenvalue weighted by molar-refractivity contribution is -0.156.